The Hall–Kier alpha value is -2.00. The van der Waals surface area contributed by atoms with Gasteiger partial charge in [-0.15, -0.1) is 10.2 Å². The van der Waals surface area contributed by atoms with E-state index in [1.54, 1.807) is 0 Å². The van der Waals surface area contributed by atoms with Crippen LogP contribution in [0.5, 0.6) is 0 Å². The number of likely N-dealkylation sites (N-methyl/N-ethyl adjacent to an activating group) is 1. The highest BCUT2D eigenvalue weighted by atomic mass is 79.9. The van der Waals surface area contributed by atoms with E-state index >= 15 is 0 Å². The molecule has 0 spiro atoms. The number of carbonyl (C=O) groups is 2. The summed E-state index contributed by atoms with van der Waals surface area (Å²) in [5.41, 5.74) is 0. The van der Waals surface area contributed by atoms with E-state index in [1.165, 1.54) is 19.3 Å². The molecular formula is C16H21BrN4O4. The van der Waals surface area contributed by atoms with Crippen molar-refractivity contribution in [2.45, 2.75) is 31.3 Å². The Labute approximate surface area is 154 Å². The number of carboxylic acid groups (broad SMARTS) is 2. The van der Waals surface area contributed by atoms with Gasteiger partial charge in [-0.3, -0.25) is 4.90 Å². The standard InChI is InChI=1S/C12H17BrN4.C4H4O4/c1-16-9-2-3-10(16)8-17(7-6-9)12-5-4-11(13)14-15-12;5-3(6)1-2-4(7)8/h4-5,9-10H,2-3,6-8H2,1H3;1-2H,(H,5,6)(H,7,8)/b;2-1+. The minimum Gasteiger partial charge on any atom is -0.478 e. The van der Waals surface area contributed by atoms with Crippen molar-refractivity contribution in [2.75, 3.05) is 25.0 Å². The van der Waals surface area contributed by atoms with Crippen LogP contribution in [0, 0.1) is 0 Å². The van der Waals surface area contributed by atoms with E-state index in [-0.39, 0.29) is 0 Å². The summed E-state index contributed by atoms with van der Waals surface area (Å²) < 4.78 is 0.801. The quantitative estimate of drug-likeness (QED) is 0.721. The number of fused-ring (bicyclic) bond motifs is 2. The number of halogens is 1. The van der Waals surface area contributed by atoms with Gasteiger partial charge in [-0.05, 0) is 54.4 Å². The Morgan fingerprint density at radius 2 is 1.76 bits per heavy atom. The highest BCUT2D eigenvalue weighted by Gasteiger charge is 2.34. The summed E-state index contributed by atoms with van der Waals surface area (Å²) in [5, 5.41) is 24.0. The van der Waals surface area contributed by atoms with E-state index in [0.717, 1.165) is 29.6 Å². The van der Waals surface area contributed by atoms with Crippen LogP contribution in [0.15, 0.2) is 28.9 Å². The molecule has 2 unspecified atom stereocenters. The fourth-order valence-electron chi connectivity index (χ4n) is 3.14. The second kappa shape index (κ2) is 8.91. The van der Waals surface area contributed by atoms with Crippen molar-refractivity contribution in [1.29, 1.82) is 0 Å². The molecule has 0 aromatic carbocycles. The van der Waals surface area contributed by atoms with Gasteiger partial charge in [-0.25, -0.2) is 9.59 Å². The number of hydrogen-bond acceptors (Lipinski definition) is 6. The van der Waals surface area contributed by atoms with Crippen LogP contribution in [0.3, 0.4) is 0 Å². The van der Waals surface area contributed by atoms with Crippen LogP contribution in [0.4, 0.5) is 5.82 Å². The minimum atomic E-state index is -1.26. The number of aliphatic carboxylic acids is 2. The molecule has 3 rings (SSSR count). The van der Waals surface area contributed by atoms with E-state index in [1.807, 2.05) is 6.07 Å². The maximum Gasteiger partial charge on any atom is 0.328 e. The zero-order valence-electron chi connectivity index (χ0n) is 13.9. The second-order valence-electron chi connectivity index (χ2n) is 6.01. The average molecular weight is 413 g/mol. The second-order valence-corrected chi connectivity index (χ2v) is 6.82. The van der Waals surface area contributed by atoms with Crippen LogP contribution in [0.25, 0.3) is 0 Å². The summed E-state index contributed by atoms with van der Waals surface area (Å²) in [7, 11) is 2.26. The van der Waals surface area contributed by atoms with Crippen molar-refractivity contribution in [2.24, 2.45) is 0 Å². The van der Waals surface area contributed by atoms with E-state index in [4.69, 9.17) is 10.2 Å². The van der Waals surface area contributed by atoms with Crippen molar-refractivity contribution >= 4 is 33.7 Å². The molecular weight excluding hydrogens is 392 g/mol. The number of nitrogens with zero attached hydrogens (tertiary/aromatic N) is 4. The summed E-state index contributed by atoms with van der Waals surface area (Å²) >= 11 is 3.33. The number of aromatic nitrogens is 2. The SMILES string of the molecule is CN1C2CCC1CN(c1ccc(Br)nn1)CC2.O=C(O)/C=C/C(=O)O. The Kier molecular flexibility index (Phi) is 6.89. The Bertz CT molecular complexity index is 622. The monoisotopic (exact) mass is 412 g/mol. The fourth-order valence-corrected chi connectivity index (χ4v) is 3.35. The van der Waals surface area contributed by atoms with E-state index in [9.17, 15) is 9.59 Å². The average Bonchev–Trinajstić information content (AvgIpc) is 2.80. The van der Waals surface area contributed by atoms with Gasteiger partial charge in [0.15, 0.2) is 5.82 Å². The molecule has 3 heterocycles. The molecule has 136 valence electrons. The summed E-state index contributed by atoms with van der Waals surface area (Å²) in [4.78, 5) is 24.0. The molecule has 2 saturated heterocycles. The molecule has 8 nitrogen and oxygen atoms in total. The maximum absolute atomic E-state index is 9.55. The third-order valence-corrected chi connectivity index (χ3v) is 4.88. The van der Waals surface area contributed by atoms with Crippen LogP contribution in [0.1, 0.15) is 19.3 Å². The summed E-state index contributed by atoms with van der Waals surface area (Å²) in [6.07, 6.45) is 5.04. The lowest BCUT2D eigenvalue weighted by molar-refractivity contribution is -0.134. The molecule has 2 fully saturated rings. The molecule has 0 saturated carbocycles. The predicted molar refractivity (Wildman–Crippen MR) is 95.5 cm³/mol. The molecule has 2 atom stereocenters. The number of hydrogen-bond donors (Lipinski definition) is 2. The van der Waals surface area contributed by atoms with Gasteiger partial charge in [0, 0.05) is 37.3 Å². The Balaban J connectivity index is 0.000000242. The van der Waals surface area contributed by atoms with Gasteiger partial charge in [0.1, 0.15) is 4.60 Å². The molecule has 2 bridgehead atoms. The first-order valence-corrected chi connectivity index (χ1v) is 8.76. The first-order chi connectivity index (χ1) is 11.9. The third kappa shape index (κ3) is 5.79. The topological polar surface area (TPSA) is 107 Å². The molecule has 25 heavy (non-hydrogen) atoms. The van der Waals surface area contributed by atoms with Gasteiger partial charge >= 0.3 is 11.9 Å². The first kappa shape index (κ1) is 19.3. The van der Waals surface area contributed by atoms with Crippen LogP contribution in [-0.4, -0.2) is 69.5 Å². The van der Waals surface area contributed by atoms with Gasteiger partial charge in [0.25, 0.3) is 0 Å². The highest BCUT2D eigenvalue weighted by Crippen LogP contribution is 2.29. The van der Waals surface area contributed by atoms with Crippen molar-refractivity contribution in [3.05, 3.63) is 28.9 Å². The van der Waals surface area contributed by atoms with Gasteiger partial charge in [-0.1, -0.05) is 0 Å². The zero-order chi connectivity index (χ0) is 18.4. The van der Waals surface area contributed by atoms with Gasteiger partial charge in [0.2, 0.25) is 0 Å². The van der Waals surface area contributed by atoms with E-state index in [2.05, 4.69) is 49.0 Å². The lowest BCUT2D eigenvalue weighted by Crippen LogP contribution is -2.37. The van der Waals surface area contributed by atoms with Crippen LogP contribution >= 0.6 is 15.9 Å². The number of anilines is 1. The first-order valence-electron chi connectivity index (χ1n) is 7.97. The van der Waals surface area contributed by atoms with Crippen molar-refractivity contribution in [3.63, 3.8) is 0 Å². The Morgan fingerprint density at radius 1 is 1.12 bits per heavy atom. The molecule has 1 aromatic rings. The predicted octanol–water partition coefficient (Wildman–Crippen LogP) is 1.62. The van der Waals surface area contributed by atoms with E-state index in [0.29, 0.717) is 18.2 Å². The van der Waals surface area contributed by atoms with Crippen molar-refractivity contribution in [1.82, 2.24) is 15.1 Å². The van der Waals surface area contributed by atoms with E-state index < -0.39 is 11.9 Å². The Morgan fingerprint density at radius 3 is 2.32 bits per heavy atom. The molecule has 1 aromatic heterocycles. The minimum absolute atomic E-state index is 0.558. The summed E-state index contributed by atoms with van der Waals surface area (Å²) in [6, 6.07) is 5.48. The lowest BCUT2D eigenvalue weighted by Gasteiger charge is -2.26. The van der Waals surface area contributed by atoms with Crippen molar-refractivity contribution < 1.29 is 19.8 Å². The molecule has 9 heteroatoms. The molecule has 0 aliphatic carbocycles. The highest BCUT2D eigenvalue weighted by molar-refractivity contribution is 9.10. The van der Waals surface area contributed by atoms with Crippen LogP contribution < -0.4 is 4.90 Å². The largest absolute Gasteiger partial charge is 0.478 e. The summed E-state index contributed by atoms with van der Waals surface area (Å²) in [5.74, 6) is -1.51. The molecule has 0 amide bonds. The molecule has 2 N–H and O–H groups in total. The van der Waals surface area contributed by atoms with Crippen LogP contribution in [0.2, 0.25) is 0 Å². The normalized spacial score (nSPS) is 23.0. The summed E-state index contributed by atoms with van der Waals surface area (Å²) in [6.45, 7) is 2.19. The van der Waals surface area contributed by atoms with Crippen molar-refractivity contribution in [3.8, 4) is 0 Å². The number of rotatable bonds is 3. The lowest BCUT2D eigenvalue weighted by atomic mass is 10.1. The fraction of sp³-hybridized carbons (Fsp3) is 0.500. The third-order valence-electron chi connectivity index (χ3n) is 4.46. The molecule has 2 aliphatic heterocycles. The molecule has 0 radical (unpaired) electrons. The smallest absolute Gasteiger partial charge is 0.328 e. The van der Waals surface area contributed by atoms with Gasteiger partial charge in [-0.2, -0.15) is 0 Å². The zero-order valence-corrected chi connectivity index (χ0v) is 15.5. The maximum atomic E-state index is 9.55. The van der Waals surface area contributed by atoms with Gasteiger partial charge < -0.3 is 15.1 Å². The molecule has 2 aliphatic rings. The number of carboxylic acids is 2. The van der Waals surface area contributed by atoms with Gasteiger partial charge in [0.05, 0.1) is 0 Å². The van der Waals surface area contributed by atoms with Crippen LogP contribution in [-0.2, 0) is 9.59 Å².